The highest BCUT2D eigenvalue weighted by Gasteiger charge is 2.35. The van der Waals surface area contributed by atoms with Crippen molar-refractivity contribution in [2.45, 2.75) is 25.2 Å². The first-order valence-electron chi connectivity index (χ1n) is 5.67. The normalized spacial score (nSPS) is 15.7. The fourth-order valence-corrected chi connectivity index (χ4v) is 2.25. The SMILES string of the molecule is Br.COc1c(F)cccc1C(CC(=O)O)C1CC1. The molecule has 1 unspecified atom stereocenters. The molecular formula is C13H16BrFO3. The lowest BCUT2D eigenvalue weighted by atomic mass is 9.90. The van der Waals surface area contributed by atoms with Crippen molar-refractivity contribution in [1.29, 1.82) is 0 Å². The molecule has 0 aromatic heterocycles. The molecule has 2 rings (SSSR count). The third-order valence-electron chi connectivity index (χ3n) is 3.19. The summed E-state index contributed by atoms with van der Waals surface area (Å²) in [6, 6.07) is 4.69. The van der Waals surface area contributed by atoms with Crippen LogP contribution in [-0.4, -0.2) is 18.2 Å². The largest absolute Gasteiger partial charge is 0.493 e. The van der Waals surface area contributed by atoms with Crippen LogP contribution in [0.3, 0.4) is 0 Å². The molecule has 0 amide bonds. The average Bonchev–Trinajstić information content (AvgIpc) is 3.09. The van der Waals surface area contributed by atoms with Gasteiger partial charge in [0, 0.05) is 11.5 Å². The van der Waals surface area contributed by atoms with Crippen LogP contribution in [0.15, 0.2) is 18.2 Å². The van der Waals surface area contributed by atoms with Gasteiger partial charge in [-0.15, -0.1) is 17.0 Å². The second-order valence-corrected chi connectivity index (χ2v) is 4.40. The second-order valence-electron chi connectivity index (χ2n) is 4.40. The van der Waals surface area contributed by atoms with Crippen molar-refractivity contribution in [2.24, 2.45) is 5.92 Å². The summed E-state index contributed by atoms with van der Waals surface area (Å²) in [5.74, 6) is -0.889. The minimum atomic E-state index is -0.854. The molecule has 1 atom stereocenters. The number of carboxylic acid groups (broad SMARTS) is 1. The van der Waals surface area contributed by atoms with E-state index in [-0.39, 0.29) is 35.1 Å². The zero-order chi connectivity index (χ0) is 12.4. The van der Waals surface area contributed by atoms with Gasteiger partial charge >= 0.3 is 5.97 Å². The van der Waals surface area contributed by atoms with Gasteiger partial charge in [0.15, 0.2) is 11.6 Å². The van der Waals surface area contributed by atoms with Crippen LogP contribution in [0.1, 0.15) is 30.7 Å². The number of halogens is 2. The number of hydrogen-bond donors (Lipinski definition) is 1. The smallest absolute Gasteiger partial charge is 0.303 e. The number of methoxy groups -OCH3 is 1. The Morgan fingerprint density at radius 3 is 2.72 bits per heavy atom. The number of carbonyl (C=O) groups is 1. The Bertz CT molecular complexity index is 432. The quantitative estimate of drug-likeness (QED) is 0.905. The molecule has 0 bridgehead atoms. The Morgan fingerprint density at radius 2 is 2.22 bits per heavy atom. The Balaban J connectivity index is 0.00000162. The van der Waals surface area contributed by atoms with E-state index in [9.17, 15) is 9.18 Å². The van der Waals surface area contributed by atoms with E-state index in [0.717, 1.165) is 12.8 Å². The number of hydrogen-bond acceptors (Lipinski definition) is 2. The molecule has 5 heteroatoms. The number of benzene rings is 1. The molecule has 1 aromatic rings. The van der Waals surface area contributed by atoms with Crippen LogP contribution in [0, 0.1) is 11.7 Å². The molecule has 0 aliphatic heterocycles. The standard InChI is InChI=1S/C13H15FO3.BrH/c1-17-13-9(3-2-4-11(13)14)10(7-12(15)16)8-5-6-8;/h2-4,8,10H,5-7H2,1H3,(H,15,16);1H. The van der Waals surface area contributed by atoms with E-state index < -0.39 is 11.8 Å². The molecule has 1 fully saturated rings. The number of carboxylic acids is 1. The van der Waals surface area contributed by atoms with Gasteiger partial charge in [-0.2, -0.15) is 0 Å². The van der Waals surface area contributed by atoms with Crippen LogP contribution in [0.25, 0.3) is 0 Å². The van der Waals surface area contributed by atoms with E-state index in [2.05, 4.69) is 0 Å². The van der Waals surface area contributed by atoms with E-state index in [1.165, 1.54) is 13.2 Å². The summed E-state index contributed by atoms with van der Waals surface area (Å²) in [5, 5.41) is 8.92. The van der Waals surface area contributed by atoms with Crippen molar-refractivity contribution < 1.29 is 19.0 Å². The molecular weight excluding hydrogens is 303 g/mol. The van der Waals surface area contributed by atoms with Gasteiger partial charge in [0.25, 0.3) is 0 Å². The van der Waals surface area contributed by atoms with Gasteiger partial charge in [0.05, 0.1) is 13.5 Å². The maximum atomic E-state index is 13.6. The summed E-state index contributed by atoms with van der Waals surface area (Å²) in [6.07, 6.45) is 2.06. The zero-order valence-electron chi connectivity index (χ0n) is 10.1. The van der Waals surface area contributed by atoms with Gasteiger partial charge in [0.2, 0.25) is 0 Å². The van der Waals surface area contributed by atoms with E-state index in [1.54, 1.807) is 12.1 Å². The molecule has 1 aliphatic rings. The van der Waals surface area contributed by atoms with E-state index >= 15 is 0 Å². The molecule has 3 nitrogen and oxygen atoms in total. The predicted octanol–water partition coefficient (Wildman–Crippen LogP) is 3.38. The van der Waals surface area contributed by atoms with Crippen molar-refractivity contribution in [2.75, 3.05) is 7.11 Å². The minimum absolute atomic E-state index is 0. The third-order valence-corrected chi connectivity index (χ3v) is 3.19. The third kappa shape index (κ3) is 3.22. The molecule has 1 aliphatic carbocycles. The lowest BCUT2D eigenvalue weighted by Crippen LogP contribution is -2.10. The molecule has 100 valence electrons. The summed E-state index contributed by atoms with van der Waals surface area (Å²) < 4.78 is 18.6. The highest BCUT2D eigenvalue weighted by atomic mass is 79.9. The maximum Gasteiger partial charge on any atom is 0.303 e. The van der Waals surface area contributed by atoms with Gasteiger partial charge in [-0.05, 0) is 24.8 Å². The highest BCUT2D eigenvalue weighted by Crippen LogP contribution is 2.47. The fraction of sp³-hybridized carbons (Fsp3) is 0.462. The number of aliphatic carboxylic acids is 1. The van der Waals surface area contributed by atoms with Crippen LogP contribution >= 0.6 is 17.0 Å². The monoisotopic (exact) mass is 318 g/mol. The Kier molecular flexibility index (Phi) is 5.14. The summed E-state index contributed by atoms with van der Waals surface area (Å²) in [4.78, 5) is 10.9. The van der Waals surface area contributed by atoms with Gasteiger partial charge in [-0.3, -0.25) is 4.79 Å². The van der Waals surface area contributed by atoms with Crippen LogP contribution in [0.4, 0.5) is 4.39 Å². The van der Waals surface area contributed by atoms with Crippen molar-refractivity contribution in [3.63, 3.8) is 0 Å². The van der Waals surface area contributed by atoms with Crippen molar-refractivity contribution in [3.05, 3.63) is 29.6 Å². The van der Waals surface area contributed by atoms with Crippen LogP contribution in [-0.2, 0) is 4.79 Å². The molecule has 0 heterocycles. The maximum absolute atomic E-state index is 13.6. The number of para-hydroxylation sites is 1. The van der Waals surface area contributed by atoms with Gasteiger partial charge in [-0.25, -0.2) is 4.39 Å². The fourth-order valence-electron chi connectivity index (χ4n) is 2.25. The predicted molar refractivity (Wildman–Crippen MR) is 71.0 cm³/mol. The molecule has 1 saturated carbocycles. The lowest BCUT2D eigenvalue weighted by molar-refractivity contribution is -0.137. The van der Waals surface area contributed by atoms with Gasteiger partial charge in [-0.1, -0.05) is 12.1 Å². The first-order chi connectivity index (χ1) is 8.13. The summed E-state index contributed by atoms with van der Waals surface area (Å²) >= 11 is 0. The van der Waals surface area contributed by atoms with Crippen LogP contribution in [0.5, 0.6) is 5.75 Å². The molecule has 18 heavy (non-hydrogen) atoms. The van der Waals surface area contributed by atoms with Crippen molar-refractivity contribution >= 4 is 23.0 Å². The van der Waals surface area contributed by atoms with Crippen molar-refractivity contribution in [1.82, 2.24) is 0 Å². The first-order valence-corrected chi connectivity index (χ1v) is 5.67. The average molecular weight is 319 g/mol. The Hall–Kier alpha value is -1.10. The summed E-state index contributed by atoms with van der Waals surface area (Å²) in [5.41, 5.74) is 0.678. The zero-order valence-corrected chi connectivity index (χ0v) is 11.8. The van der Waals surface area contributed by atoms with Crippen molar-refractivity contribution in [3.8, 4) is 5.75 Å². The Labute approximate surface area is 116 Å². The topological polar surface area (TPSA) is 46.5 Å². The highest BCUT2D eigenvalue weighted by molar-refractivity contribution is 8.93. The van der Waals surface area contributed by atoms with Gasteiger partial charge < -0.3 is 9.84 Å². The molecule has 0 radical (unpaired) electrons. The number of rotatable bonds is 5. The summed E-state index contributed by atoms with van der Waals surface area (Å²) in [6.45, 7) is 0. The molecule has 1 N–H and O–H groups in total. The molecule has 1 aromatic carbocycles. The van der Waals surface area contributed by atoms with E-state index in [4.69, 9.17) is 9.84 Å². The minimum Gasteiger partial charge on any atom is -0.493 e. The van der Waals surface area contributed by atoms with E-state index in [0.29, 0.717) is 11.5 Å². The van der Waals surface area contributed by atoms with Gasteiger partial charge in [0.1, 0.15) is 0 Å². The van der Waals surface area contributed by atoms with Crippen LogP contribution < -0.4 is 4.74 Å². The lowest BCUT2D eigenvalue weighted by Gasteiger charge is -2.18. The number of ether oxygens (including phenoxy) is 1. The molecule has 0 spiro atoms. The molecule has 0 saturated heterocycles. The second kappa shape index (κ2) is 6.18. The van der Waals surface area contributed by atoms with E-state index in [1.807, 2.05) is 0 Å². The first kappa shape index (κ1) is 15.0. The Morgan fingerprint density at radius 1 is 1.56 bits per heavy atom. The summed E-state index contributed by atoms with van der Waals surface area (Å²) in [7, 11) is 1.41. The van der Waals surface area contributed by atoms with Crippen LogP contribution in [0.2, 0.25) is 0 Å².